The second-order valence-electron chi connectivity index (χ2n) is 4.90. The predicted octanol–water partition coefficient (Wildman–Crippen LogP) is 4.02. The number of non-ortho nitro benzene ring substituents is 1. The number of nitro groups is 1. The first kappa shape index (κ1) is 17.1. The molecule has 0 bridgehead atoms. The fraction of sp³-hybridized carbons (Fsp3) is 0.111. The van der Waals surface area contributed by atoms with Gasteiger partial charge in [-0.3, -0.25) is 10.1 Å². The van der Waals surface area contributed by atoms with Crippen LogP contribution in [0.25, 0.3) is 0 Å². The summed E-state index contributed by atoms with van der Waals surface area (Å²) < 4.78 is 0. The normalized spacial score (nSPS) is 11.0. The molecule has 0 atom stereocenters. The molecule has 0 aliphatic heterocycles. The van der Waals surface area contributed by atoms with Crippen LogP contribution in [0.15, 0.2) is 71.5 Å². The third-order valence-corrected chi connectivity index (χ3v) is 3.37. The molecule has 2 aromatic carbocycles. The molecule has 0 N–H and O–H groups in total. The van der Waals surface area contributed by atoms with Crippen LogP contribution in [-0.4, -0.2) is 23.9 Å². The molecular weight excluding hydrogens is 304 g/mol. The summed E-state index contributed by atoms with van der Waals surface area (Å²) in [6.45, 7) is 6.70. The van der Waals surface area contributed by atoms with Crippen molar-refractivity contribution < 1.29 is 4.92 Å². The molecule has 0 amide bonds. The number of benzene rings is 2. The van der Waals surface area contributed by atoms with Gasteiger partial charge in [-0.25, -0.2) is 0 Å². The minimum absolute atomic E-state index is 0.0522. The van der Waals surface area contributed by atoms with E-state index in [0.29, 0.717) is 0 Å². The highest BCUT2D eigenvalue weighted by atomic mass is 16.6. The quantitative estimate of drug-likeness (QED) is 0.439. The van der Waals surface area contributed by atoms with E-state index in [1.807, 2.05) is 29.2 Å². The van der Waals surface area contributed by atoms with Crippen molar-refractivity contribution in [1.29, 1.82) is 0 Å². The van der Waals surface area contributed by atoms with Crippen LogP contribution in [0.4, 0.5) is 11.4 Å². The Morgan fingerprint density at radius 1 is 1.04 bits per heavy atom. The number of hydrogen-bond donors (Lipinski definition) is 0. The van der Waals surface area contributed by atoms with Crippen LogP contribution in [0, 0.1) is 10.1 Å². The minimum Gasteiger partial charge on any atom is -0.349 e. The van der Waals surface area contributed by atoms with Gasteiger partial charge in [0.05, 0.1) is 17.4 Å². The second-order valence-corrected chi connectivity index (χ2v) is 4.90. The van der Waals surface area contributed by atoms with Crippen LogP contribution < -0.4 is 4.90 Å². The molecule has 2 aromatic rings. The smallest absolute Gasteiger partial charge is 0.269 e. The van der Waals surface area contributed by atoms with Crippen molar-refractivity contribution in [2.45, 2.75) is 6.92 Å². The molecule has 0 fully saturated rings. The van der Waals surface area contributed by atoms with Gasteiger partial charge in [0.2, 0.25) is 0 Å². The summed E-state index contributed by atoms with van der Waals surface area (Å²) in [6.07, 6.45) is 4.98. The van der Waals surface area contributed by atoms with Crippen molar-refractivity contribution in [2.75, 3.05) is 11.4 Å². The lowest BCUT2D eigenvalue weighted by atomic mass is 10.2. The largest absolute Gasteiger partial charge is 0.349 e. The zero-order valence-corrected chi connectivity index (χ0v) is 13.4. The summed E-state index contributed by atoms with van der Waals surface area (Å²) in [4.78, 5) is 12.2. The van der Waals surface area contributed by atoms with Crippen LogP contribution in [0.1, 0.15) is 18.1 Å². The summed E-state index contributed by atoms with van der Waals surface area (Å²) >= 11 is 0. The van der Waals surface area contributed by atoms with Crippen LogP contribution >= 0.6 is 0 Å². The Bertz CT molecular complexity index is 750. The molecule has 0 saturated heterocycles. The summed E-state index contributed by atoms with van der Waals surface area (Å²) in [5.74, 6) is 0. The van der Waals surface area contributed by atoms with Gasteiger partial charge >= 0.3 is 0 Å². The molecule has 6 heteroatoms. The van der Waals surface area contributed by atoms with Gasteiger partial charge in [0.25, 0.3) is 5.69 Å². The van der Waals surface area contributed by atoms with E-state index >= 15 is 0 Å². The van der Waals surface area contributed by atoms with Crippen molar-refractivity contribution in [2.24, 2.45) is 10.2 Å². The van der Waals surface area contributed by atoms with E-state index in [2.05, 4.69) is 23.7 Å². The van der Waals surface area contributed by atoms with Crippen molar-refractivity contribution in [3.8, 4) is 0 Å². The fourth-order valence-electron chi connectivity index (χ4n) is 2.05. The standard InChI is InChI=1S/C18H18N4O2/c1-3-21(4-2)17-9-5-15(6-10-17)13-19-20-14-16-7-11-18(12-8-16)22(23)24/h3,5-14H,1,4H2,2H3/b19-13+,20-14?. The fourth-order valence-corrected chi connectivity index (χ4v) is 2.05. The lowest BCUT2D eigenvalue weighted by Gasteiger charge is -2.17. The molecule has 0 unspecified atom stereocenters. The molecule has 24 heavy (non-hydrogen) atoms. The number of nitrogens with zero attached hydrogens (tertiary/aromatic N) is 4. The zero-order chi connectivity index (χ0) is 17.4. The zero-order valence-electron chi connectivity index (χ0n) is 13.4. The molecular formula is C18H18N4O2. The maximum Gasteiger partial charge on any atom is 0.269 e. The van der Waals surface area contributed by atoms with E-state index in [1.165, 1.54) is 12.1 Å². The van der Waals surface area contributed by atoms with Gasteiger partial charge in [0.15, 0.2) is 0 Å². The maximum absolute atomic E-state index is 10.6. The van der Waals surface area contributed by atoms with Crippen LogP contribution in [0.3, 0.4) is 0 Å². The SMILES string of the molecule is C=CN(CC)c1ccc(/C=N/N=Cc2ccc([N+](=O)[O-])cc2)cc1. The Hall–Kier alpha value is -3.28. The summed E-state index contributed by atoms with van der Waals surface area (Å²) in [7, 11) is 0. The van der Waals surface area contributed by atoms with Crippen molar-refractivity contribution in [3.63, 3.8) is 0 Å². The van der Waals surface area contributed by atoms with Crippen LogP contribution in [-0.2, 0) is 0 Å². The molecule has 6 nitrogen and oxygen atoms in total. The van der Waals surface area contributed by atoms with Gasteiger partial charge in [-0.2, -0.15) is 10.2 Å². The first-order valence-electron chi connectivity index (χ1n) is 7.44. The topological polar surface area (TPSA) is 71.1 Å². The lowest BCUT2D eigenvalue weighted by Crippen LogP contribution is -2.13. The molecule has 0 aliphatic rings. The van der Waals surface area contributed by atoms with E-state index in [4.69, 9.17) is 0 Å². The van der Waals surface area contributed by atoms with Crippen molar-refractivity contribution in [3.05, 3.63) is 82.6 Å². The Kier molecular flexibility index (Phi) is 5.96. The molecule has 0 aliphatic carbocycles. The third kappa shape index (κ3) is 4.61. The lowest BCUT2D eigenvalue weighted by molar-refractivity contribution is -0.384. The number of rotatable bonds is 7. The van der Waals surface area contributed by atoms with Gasteiger partial charge in [-0.15, -0.1) is 0 Å². The number of hydrogen-bond acceptors (Lipinski definition) is 5. The van der Waals surface area contributed by atoms with E-state index in [-0.39, 0.29) is 5.69 Å². The maximum atomic E-state index is 10.6. The Balaban J connectivity index is 1.98. The summed E-state index contributed by atoms with van der Waals surface area (Å²) in [5, 5.41) is 18.5. The van der Waals surface area contributed by atoms with Gasteiger partial charge < -0.3 is 4.90 Å². The molecule has 122 valence electrons. The van der Waals surface area contributed by atoms with Crippen LogP contribution in [0.2, 0.25) is 0 Å². The van der Waals surface area contributed by atoms with Crippen molar-refractivity contribution in [1.82, 2.24) is 0 Å². The van der Waals surface area contributed by atoms with Gasteiger partial charge in [-0.1, -0.05) is 18.7 Å². The Morgan fingerprint density at radius 2 is 1.54 bits per heavy atom. The Labute approximate surface area is 140 Å². The monoisotopic (exact) mass is 322 g/mol. The van der Waals surface area contributed by atoms with Crippen LogP contribution in [0.5, 0.6) is 0 Å². The average molecular weight is 322 g/mol. The van der Waals surface area contributed by atoms with E-state index in [9.17, 15) is 10.1 Å². The van der Waals surface area contributed by atoms with E-state index in [1.54, 1.807) is 30.8 Å². The third-order valence-electron chi connectivity index (χ3n) is 3.37. The van der Waals surface area contributed by atoms with Gasteiger partial charge in [0, 0.05) is 24.4 Å². The molecule has 0 saturated carbocycles. The van der Waals surface area contributed by atoms with E-state index < -0.39 is 4.92 Å². The average Bonchev–Trinajstić information content (AvgIpc) is 2.61. The highest BCUT2D eigenvalue weighted by molar-refractivity contribution is 5.83. The van der Waals surface area contributed by atoms with Gasteiger partial charge in [0.1, 0.15) is 0 Å². The second kappa shape index (κ2) is 8.38. The first-order valence-corrected chi connectivity index (χ1v) is 7.44. The number of nitro benzene ring substituents is 1. The van der Waals surface area contributed by atoms with E-state index in [0.717, 1.165) is 23.4 Å². The number of anilines is 1. The highest BCUT2D eigenvalue weighted by Gasteiger charge is 2.02. The molecule has 0 heterocycles. The Morgan fingerprint density at radius 3 is 1.96 bits per heavy atom. The minimum atomic E-state index is -0.436. The highest BCUT2D eigenvalue weighted by Crippen LogP contribution is 2.14. The molecule has 2 rings (SSSR count). The summed E-state index contributed by atoms with van der Waals surface area (Å²) in [6, 6.07) is 14.0. The molecule has 0 spiro atoms. The first-order chi connectivity index (χ1) is 11.6. The predicted molar refractivity (Wildman–Crippen MR) is 97.9 cm³/mol. The molecule has 0 radical (unpaired) electrons. The summed E-state index contributed by atoms with van der Waals surface area (Å²) in [5.41, 5.74) is 2.80. The molecule has 0 aromatic heterocycles. The van der Waals surface area contributed by atoms with Gasteiger partial charge in [-0.05, 0) is 48.5 Å². The van der Waals surface area contributed by atoms with Crippen molar-refractivity contribution >= 4 is 23.8 Å².